The molecule has 20 heavy (non-hydrogen) atoms. The van der Waals surface area contributed by atoms with Crippen LogP contribution in [0.4, 0.5) is 5.82 Å². The monoisotopic (exact) mass is 295 g/mol. The number of nitrogens with zero attached hydrogens (tertiary/aromatic N) is 3. The molecule has 3 rings (SSSR count). The van der Waals surface area contributed by atoms with Crippen molar-refractivity contribution < 1.29 is 0 Å². The van der Waals surface area contributed by atoms with Crippen LogP contribution in [0.2, 0.25) is 0 Å². The number of anilines is 1. The van der Waals surface area contributed by atoms with Gasteiger partial charge in [0.1, 0.15) is 11.6 Å². The summed E-state index contributed by atoms with van der Waals surface area (Å²) in [4.78, 5) is 16.0. The highest BCUT2D eigenvalue weighted by Gasteiger charge is 2.32. The van der Waals surface area contributed by atoms with Gasteiger partial charge < -0.3 is 5.32 Å². The van der Waals surface area contributed by atoms with Gasteiger partial charge in [0.25, 0.3) is 0 Å². The lowest BCUT2D eigenvalue weighted by atomic mass is 9.88. The van der Waals surface area contributed by atoms with Crippen LogP contribution in [0.3, 0.4) is 0 Å². The minimum Gasteiger partial charge on any atom is -0.369 e. The molecule has 0 unspecified atom stereocenters. The maximum atomic E-state index is 11.5. The summed E-state index contributed by atoms with van der Waals surface area (Å²) in [5.41, 5.74) is 0.495. The number of H-pyrrole nitrogens is 1. The summed E-state index contributed by atoms with van der Waals surface area (Å²) in [6, 6.07) is 1.78. The Kier molecular flexibility index (Phi) is 3.41. The van der Waals surface area contributed by atoms with E-state index >= 15 is 0 Å². The summed E-state index contributed by atoms with van der Waals surface area (Å²) in [6.07, 6.45) is 4.81. The predicted molar refractivity (Wildman–Crippen MR) is 78.5 cm³/mol. The molecular formula is C13H18ClN5O. The SMILES string of the molecule is Cc1nc(NCC2(CCl)CCCC2)cc2n[nH]c(=O)n12. The van der Waals surface area contributed by atoms with Crippen LogP contribution in [0.25, 0.3) is 5.65 Å². The molecule has 2 heterocycles. The molecule has 2 aromatic rings. The molecule has 0 atom stereocenters. The number of hydrogen-bond donors (Lipinski definition) is 2. The molecule has 7 heteroatoms. The van der Waals surface area contributed by atoms with Crippen LogP contribution in [-0.4, -0.2) is 32.0 Å². The van der Waals surface area contributed by atoms with Crippen molar-refractivity contribution in [3.05, 3.63) is 22.4 Å². The largest absolute Gasteiger partial charge is 0.369 e. The van der Waals surface area contributed by atoms with Gasteiger partial charge in [-0.2, -0.15) is 5.10 Å². The minimum absolute atomic E-state index is 0.175. The molecule has 0 aromatic carbocycles. The molecule has 0 aliphatic heterocycles. The summed E-state index contributed by atoms with van der Waals surface area (Å²) < 4.78 is 1.46. The summed E-state index contributed by atoms with van der Waals surface area (Å²) >= 11 is 6.14. The van der Waals surface area contributed by atoms with E-state index in [9.17, 15) is 4.79 Å². The number of nitrogens with one attached hydrogen (secondary N) is 2. The third-order valence-electron chi connectivity index (χ3n) is 4.16. The molecule has 1 saturated carbocycles. The number of aromatic amines is 1. The highest BCUT2D eigenvalue weighted by atomic mass is 35.5. The minimum atomic E-state index is -0.260. The number of halogens is 1. The van der Waals surface area contributed by atoms with E-state index < -0.39 is 0 Å². The lowest BCUT2D eigenvalue weighted by Gasteiger charge is -2.26. The molecule has 108 valence electrons. The van der Waals surface area contributed by atoms with Crippen molar-refractivity contribution in [3.8, 4) is 0 Å². The van der Waals surface area contributed by atoms with Crippen molar-refractivity contribution in [1.29, 1.82) is 0 Å². The van der Waals surface area contributed by atoms with E-state index in [-0.39, 0.29) is 11.1 Å². The molecule has 2 N–H and O–H groups in total. The number of aromatic nitrogens is 4. The van der Waals surface area contributed by atoms with Crippen molar-refractivity contribution in [1.82, 2.24) is 19.6 Å². The first-order chi connectivity index (χ1) is 9.63. The lowest BCUT2D eigenvalue weighted by Crippen LogP contribution is -2.29. The van der Waals surface area contributed by atoms with Crippen LogP contribution in [0, 0.1) is 12.3 Å². The average Bonchev–Trinajstić information content (AvgIpc) is 3.05. The maximum Gasteiger partial charge on any atom is 0.349 e. The highest BCUT2D eigenvalue weighted by Crippen LogP contribution is 2.39. The molecule has 1 fully saturated rings. The average molecular weight is 296 g/mol. The molecule has 0 spiro atoms. The Morgan fingerprint density at radius 1 is 1.50 bits per heavy atom. The fourth-order valence-corrected chi connectivity index (χ4v) is 3.31. The van der Waals surface area contributed by atoms with Gasteiger partial charge in [0, 0.05) is 23.9 Å². The van der Waals surface area contributed by atoms with Crippen molar-refractivity contribution in [3.63, 3.8) is 0 Å². The molecule has 0 radical (unpaired) electrons. The summed E-state index contributed by atoms with van der Waals surface area (Å²) in [5.74, 6) is 2.03. The molecule has 1 aliphatic carbocycles. The number of alkyl halides is 1. The topological polar surface area (TPSA) is 75.1 Å². The molecule has 2 aromatic heterocycles. The Morgan fingerprint density at radius 2 is 2.25 bits per heavy atom. The first-order valence-electron chi connectivity index (χ1n) is 6.88. The van der Waals surface area contributed by atoms with Gasteiger partial charge >= 0.3 is 5.69 Å². The molecular weight excluding hydrogens is 278 g/mol. The normalized spacial score (nSPS) is 17.7. The van der Waals surface area contributed by atoms with Crippen LogP contribution < -0.4 is 11.0 Å². The van der Waals surface area contributed by atoms with Crippen LogP contribution >= 0.6 is 11.6 Å². The van der Waals surface area contributed by atoms with Crippen LogP contribution in [0.5, 0.6) is 0 Å². The van der Waals surface area contributed by atoms with Crippen LogP contribution in [-0.2, 0) is 0 Å². The molecule has 0 saturated heterocycles. The zero-order chi connectivity index (χ0) is 14.2. The van der Waals surface area contributed by atoms with E-state index in [0.717, 1.165) is 25.2 Å². The van der Waals surface area contributed by atoms with Crippen molar-refractivity contribution in [2.75, 3.05) is 17.7 Å². The second-order valence-corrected chi connectivity index (χ2v) is 5.87. The first kappa shape index (κ1) is 13.4. The Morgan fingerprint density at radius 3 is 2.95 bits per heavy atom. The van der Waals surface area contributed by atoms with E-state index in [0.29, 0.717) is 17.4 Å². The standard InChI is InChI=1S/C13H18ClN5O/c1-9-16-10(6-11-17-18-12(20)19(9)11)15-8-13(7-14)4-2-3-5-13/h6,15H,2-5,7-8H2,1H3,(H,18,20). The van der Waals surface area contributed by atoms with Gasteiger partial charge in [0.2, 0.25) is 0 Å². The van der Waals surface area contributed by atoms with Gasteiger partial charge in [0.15, 0.2) is 5.65 Å². The molecule has 0 amide bonds. The van der Waals surface area contributed by atoms with Crippen LogP contribution in [0.1, 0.15) is 31.5 Å². The van der Waals surface area contributed by atoms with Crippen molar-refractivity contribution in [2.45, 2.75) is 32.6 Å². The van der Waals surface area contributed by atoms with Crippen molar-refractivity contribution in [2.24, 2.45) is 5.41 Å². The van der Waals surface area contributed by atoms with E-state index in [1.807, 2.05) is 0 Å². The zero-order valence-corrected chi connectivity index (χ0v) is 12.2. The summed E-state index contributed by atoms with van der Waals surface area (Å²) in [7, 11) is 0. The quantitative estimate of drug-likeness (QED) is 0.845. The predicted octanol–water partition coefficient (Wildman–Crippen LogP) is 1.94. The fraction of sp³-hybridized carbons (Fsp3) is 0.615. The smallest absolute Gasteiger partial charge is 0.349 e. The van der Waals surface area contributed by atoms with Gasteiger partial charge in [-0.05, 0) is 19.8 Å². The number of hydrogen-bond acceptors (Lipinski definition) is 4. The van der Waals surface area contributed by atoms with Gasteiger partial charge in [-0.25, -0.2) is 19.3 Å². The van der Waals surface area contributed by atoms with E-state index in [4.69, 9.17) is 11.6 Å². The Labute approximate surface area is 121 Å². The highest BCUT2D eigenvalue weighted by molar-refractivity contribution is 6.18. The number of fused-ring (bicyclic) bond motifs is 1. The van der Waals surface area contributed by atoms with E-state index in [2.05, 4.69) is 20.5 Å². The second-order valence-electron chi connectivity index (χ2n) is 5.61. The Balaban J connectivity index is 1.82. The van der Waals surface area contributed by atoms with Crippen molar-refractivity contribution >= 4 is 23.1 Å². The summed E-state index contributed by atoms with van der Waals surface area (Å²) in [6.45, 7) is 2.61. The van der Waals surface area contributed by atoms with Crippen LogP contribution in [0.15, 0.2) is 10.9 Å². The Bertz CT molecular complexity index is 671. The van der Waals surface area contributed by atoms with E-state index in [1.54, 1.807) is 13.0 Å². The fourth-order valence-electron chi connectivity index (χ4n) is 2.95. The third-order valence-corrected chi connectivity index (χ3v) is 4.73. The van der Waals surface area contributed by atoms with Gasteiger partial charge in [-0.15, -0.1) is 11.6 Å². The number of rotatable bonds is 4. The van der Waals surface area contributed by atoms with Gasteiger partial charge in [-0.3, -0.25) is 0 Å². The third kappa shape index (κ3) is 2.28. The summed E-state index contributed by atoms with van der Waals surface area (Å²) in [5, 5.41) is 9.76. The maximum absolute atomic E-state index is 11.5. The van der Waals surface area contributed by atoms with Gasteiger partial charge in [-0.1, -0.05) is 12.8 Å². The molecule has 1 aliphatic rings. The molecule has 0 bridgehead atoms. The Hall–Kier alpha value is -1.56. The number of aryl methyl sites for hydroxylation is 1. The zero-order valence-electron chi connectivity index (χ0n) is 11.4. The van der Waals surface area contributed by atoms with Gasteiger partial charge in [0.05, 0.1) is 0 Å². The first-order valence-corrected chi connectivity index (χ1v) is 7.42. The lowest BCUT2D eigenvalue weighted by molar-refractivity contribution is 0.368. The second kappa shape index (κ2) is 5.09. The van der Waals surface area contributed by atoms with E-state index in [1.165, 1.54) is 17.2 Å². The molecule has 6 nitrogen and oxygen atoms in total.